The van der Waals surface area contributed by atoms with Gasteiger partial charge in [0.2, 0.25) is 11.8 Å². The maximum absolute atomic E-state index is 12.8. The minimum Gasteiger partial charge on any atom is -0.342 e. The minimum atomic E-state index is -0.141. The van der Waals surface area contributed by atoms with E-state index in [0.29, 0.717) is 19.5 Å². The zero-order valence-electron chi connectivity index (χ0n) is 14.5. The summed E-state index contributed by atoms with van der Waals surface area (Å²) >= 11 is 0. The number of nitrogens with zero attached hydrogens (tertiary/aromatic N) is 3. The van der Waals surface area contributed by atoms with Gasteiger partial charge in [0.25, 0.3) is 0 Å². The van der Waals surface area contributed by atoms with E-state index in [0.717, 1.165) is 39.1 Å². The second-order valence-electron chi connectivity index (χ2n) is 6.77. The molecule has 3 rings (SSSR count). The summed E-state index contributed by atoms with van der Waals surface area (Å²) in [6.45, 7) is 7.70. The number of likely N-dealkylation sites (tertiary alicyclic amines) is 1. The summed E-state index contributed by atoms with van der Waals surface area (Å²) in [4.78, 5) is 30.8. The standard InChI is InChI=1S/C19H27N3O2/c1-2-21-15-17(13-18(21)23)19(24)22-10-6-9-20(11-12-22)14-16-7-4-3-5-8-16/h3-5,7-8,17H,2,6,9-15H2,1H3/t17-/m0/s1. The van der Waals surface area contributed by atoms with E-state index in [4.69, 9.17) is 0 Å². The van der Waals surface area contributed by atoms with Gasteiger partial charge in [-0.25, -0.2) is 0 Å². The molecule has 0 saturated carbocycles. The van der Waals surface area contributed by atoms with Crippen molar-refractivity contribution in [2.24, 2.45) is 5.92 Å². The van der Waals surface area contributed by atoms with Crippen LogP contribution in [0.1, 0.15) is 25.3 Å². The van der Waals surface area contributed by atoms with Crippen LogP contribution in [0.5, 0.6) is 0 Å². The lowest BCUT2D eigenvalue weighted by atomic mass is 10.1. The van der Waals surface area contributed by atoms with Crippen molar-refractivity contribution in [3.63, 3.8) is 0 Å². The van der Waals surface area contributed by atoms with Gasteiger partial charge in [-0.3, -0.25) is 14.5 Å². The number of carbonyl (C=O) groups excluding carboxylic acids is 2. The molecule has 1 aromatic rings. The summed E-state index contributed by atoms with van der Waals surface area (Å²) in [5.74, 6) is 0.148. The summed E-state index contributed by atoms with van der Waals surface area (Å²) in [6, 6.07) is 10.5. The quantitative estimate of drug-likeness (QED) is 0.843. The van der Waals surface area contributed by atoms with Crippen LogP contribution in [0.4, 0.5) is 0 Å². The largest absolute Gasteiger partial charge is 0.342 e. The molecule has 0 unspecified atom stereocenters. The maximum Gasteiger partial charge on any atom is 0.228 e. The molecule has 0 bridgehead atoms. The second-order valence-corrected chi connectivity index (χ2v) is 6.77. The molecule has 5 nitrogen and oxygen atoms in total. The predicted molar refractivity (Wildman–Crippen MR) is 93.3 cm³/mol. The molecular weight excluding hydrogens is 302 g/mol. The Morgan fingerprint density at radius 1 is 1.12 bits per heavy atom. The van der Waals surface area contributed by atoms with Crippen LogP contribution in [0.25, 0.3) is 0 Å². The molecule has 2 fully saturated rings. The Bertz CT molecular complexity index is 575. The summed E-state index contributed by atoms with van der Waals surface area (Å²) in [7, 11) is 0. The van der Waals surface area contributed by atoms with Gasteiger partial charge in [0, 0.05) is 52.2 Å². The van der Waals surface area contributed by atoms with Gasteiger partial charge >= 0.3 is 0 Å². The first-order valence-corrected chi connectivity index (χ1v) is 9.00. The van der Waals surface area contributed by atoms with E-state index in [9.17, 15) is 9.59 Å². The van der Waals surface area contributed by atoms with E-state index in [1.165, 1.54) is 5.56 Å². The van der Waals surface area contributed by atoms with E-state index in [1.807, 2.05) is 17.9 Å². The molecule has 0 aliphatic carbocycles. The molecule has 5 heteroatoms. The summed E-state index contributed by atoms with van der Waals surface area (Å²) in [6.07, 6.45) is 1.38. The smallest absolute Gasteiger partial charge is 0.228 e. The van der Waals surface area contributed by atoms with Gasteiger partial charge in [0.05, 0.1) is 5.92 Å². The van der Waals surface area contributed by atoms with E-state index in [-0.39, 0.29) is 17.7 Å². The first kappa shape index (κ1) is 17.0. The molecule has 2 heterocycles. The Hall–Kier alpha value is -1.88. The van der Waals surface area contributed by atoms with Gasteiger partial charge in [-0.2, -0.15) is 0 Å². The van der Waals surface area contributed by atoms with Crippen LogP contribution in [0.2, 0.25) is 0 Å². The number of amides is 2. The Morgan fingerprint density at radius 2 is 1.92 bits per heavy atom. The highest BCUT2D eigenvalue weighted by Gasteiger charge is 2.36. The van der Waals surface area contributed by atoms with Crippen LogP contribution in [-0.4, -0.2) is 65.8 Å². The molecule has 1 aromatic carbocycles. The first-order chi connectivity index (χ1) is 11.7. The average molecular weight is 329 g/mol. The molecule has 0 aromatic heterocycles. The van der Waals surface area contributed by atoms with Crippen molar-refractivity contribution in [2.75, 3.05) is 39.3 Å². The first-order valence-electron chi connectivity index (χ1n) is 9.00. The SMILES string of the molecule is CCN1C[C@@H](C(=O)N2CCCN(Cc3ccccc3)CC2)CC1=O. The van der Waals surface area contributed by atoms with Crippen molar-refractivity contribution in [1.82, 2.24) is 14.7 Å². The highest BCUT2D eigenvalue weighted by Crippen LogP contribution is 2.21. The number of carbonyl (C=O) groups is 2. The second kappa shape index (κ2) is 7.79. The Balaban J connectivity index is 1.53. The summed E-state index contributed by atoms with van der Waals surface area (Å²) in [5, 5.41) is 0. The molecule has 2 saturated heterocycles. The molecule has 2 aliphatic rings. The average Bonchev–Trinajstić information content (AvgIpc) is 2.83. The fourth-order valence-corrected chi connectivity index (χ4v) is 3.69. The Kier molecular flexibility index (Phi) is 5.51. The van der Waals surface area contributed by atoms with Gasteiger partial charge in [0.1, 0.15) is 0 Å². The van der Waals surface area contributed by atoms with Crippen molar-refractivity contribution in [3.8, 4) is 0 Å². The summed E-state index contributed by atoms with van der Waals surface area (Å²) in [5.41, 5.74) is 1.32. The van der Waals surface area contributed by atoms with Crippen LogP contribution in [0, 0.1) is 5.92 Å². The number of benzene rings is 1. The van der Waals surface area contributed by atoms with Gasteiger partial charge in [-0.05, 0) is 18.9 Å². The molecule has 0 spiro atoms. The molecule has 0 radical (unpaired) electrons. The van der Waals surface area contributed by atoms with Crippen molar-refractivity contribution >= 4 is 11.8 Å². The highest BCUT2D eigenvalue weighted by atomic mass is 16.2. The number of hydrogen-bond acceptors (Lipinski definition) is 3. The predicted octanol–water partition coefficient (Wildman–Crippen LogP) is 1.59. The van der Waals surface area contributed by atoms with Gasteiger partial charge in [0.15, 0.2) is 0 Å². The van der Waals surface area contributed by atoms with Gasteiger partial charge < -0.3 is 9.80 Å². The van der Waals surface area contributed by atoms with Crippen molar-refractivity contribution < 1.29 is 9.59 Å². The van der Waals surface area contributed by atoms with Crippen LogP contribution in [-0.2, 0) is 16.1 Å². The van der Waals surface area contributed by atoms with Crippen molar-refractivity contribution in [1.29, 1.82) is 0 Å². The summed E-state index contributed by atoms with van der Waals surface area (Å²) < 4.78 is 0. The number of rotatable bonds is 4. The number of hydrogen-bond donors (Lipinski definition) is 0. The minimum absolute atomic E-state index is 0.122. The molecule has 2 amide bonds. The fraction of sp³-hybridized carbons (Fsp3) is 0.579. The third-order valence-electron chi connectivity index (χ3n) is 5.09. The van der Waals surface area contributed by atoms with Crippen molar-refractivity contribution in [2.45, 2.75) is 26.3 Å². The monoisotopic (exact) mass is 329 g/mol. The third kappa shape index (κ3) is 3.96. The molecular formula is C19H27N3O2. The molecule has 24 heavy (non-hydrogen) atoms. The third-order valence-corrected chi connectivity index (χ3v) is 5.09. The van der Waals surface area contributed by atoms with Gasteiger partial charge in [-0.15, -0.1) is 0 Å². The molecule has 130 valence electrons. The molecule has 1 atom stereocenters. The normalized spacial score (nSPS) is 22.7. The van der Waals surface area contributed by atoms with E-state index < -0.39 is 0 Å². The van der Waals surface area contributed by atoms with E-state index in [2.05, 4.69) is 29.2 Å². The molecule has 2 aliphatic heterocycles. The van der Waals surface area contributed by atoms with Crippen molar-refractivity contribution in [3.05, 3.63) is 35.9 Å². The zero-order valence-corrected chi connectivity index (χ0v) is 14.5. The van der Waals surface area contributed by atoms with Crippen LogP contribution < -0.4 is 0 Å². The highest BCUT2D eigenvalue weighted by molar-refractivity contribution is 5.89. The lowest BCUT2D eigenvalue weighted by Crippen LogP contribution is -2.39. The Morgan fingerprint density at radius 3 is 2.62 bits per heavy atom. The van der Waals surface area contributed by atoms with Gasteiger partial charge in [-0.1, -0.05) is 30.3 Å². The fourth-order valence-electron chi connectivity index (χ4n) is 3.69. The maximum atomic E-state index is 12.8. The van der Waals surface area contributed by atoms with Crippen LogP contribution >= 0.6 is 0 Å². The zero-order chi connectivity index (χ0) is 16.9. The molecule has 0 N–H and O–H groups in total. The van der Waals surface area contributed by atoms with Crippen LogP contribution in [0.3, 0.4) is 0 Å². The lowest BCUT2D eigenvalue weighted by Gasteiger charge is -2.24. The lowest BCUT2D eigenvalue weighted by molar-refractivity contribution is -0.135. The van der Waals surface area contributed by atoms with E-state index in [1.54, 1.807) is 4.90 Å². The topological polar surface area (TPSA) is 43.9 Å². The van der Waals surface area contributed by atoms with Crippen LogP contribution in [0.15, 0.2) is 30.3 Å². The van der Waals surface area contributed by atoms with E-state index >= 15 is 0 Å². The Labute approximate surface area is 144 Å².